The lowest BCUT2D eigenvalue weighted by Crippen LogP contribution is -2.41. The lowest BCUT2D eigenvalue weighted by molar-refractivity contribution is -0.670. The fraction of sp³-hybridized carbons (Fsp3) is 0.412. The van der Waals surface area contributed by atoms with E-state index < -0.39 is 25.8 Å². The van der Waals surface area contributed by atoms with Gasteiger partial charge in [-0.05, 0) is 25.0 Å². The Hall–Kier alpha value is -2.49. The third kappa shape index (κ3) is 5.28. The minimum absolute atomic E-state index is 0.157. The van der Waals surface area contributed by atoms with Crippen LogP contribution in [-0.2, 0) is 27.4 Å². The number of halogens is 3. The van der Waals surface area contributed by atoms with Crippen LogP contribution >= 0.6 is 0 Å². The molecule has 1 aromatic carbocycles. The van der Waals surface area contributed by atoms with E-state index in [0.717, 1.165) is 11.1 Å². The van der Waals surface area contributed by atoms with Gasteiger partial charge in [0, 0.05) is 19.0 Å². The molecule has 0 radical (unpaired) electrons. The van der Waals surface area contributed by atoms with Crippen molar-refractivity contribution in [3.8, 4) is 0 Å². The molecule has 1 aliphatic heterocycles. The Labute approximate surface area is 181 Å². The van der Waals surface area contributed by atoms with Crippen LogP contribution in [0.15, 0.2) is 47.4 Å². The predicted octanol–water partition coefficient (Wildman–Crippen LogP) is 1.82. The van der Waals surface area contributed by atoms with E-state index in [2.05, 4.69) is 4.98 Å². The molecule has 0 aliphatic carbocycles. The van der Waals surface area contributed by atoms with Crippen molar-refractivity contribution in [3.63, 3.8) is 0 Å². The van der Waals surface area contributed by atoms with Crippen LogP contribution in [0.1, 0.15) is 24.7 Å². The molecule has 0 amide bonds. The van der Waals surface area contributed by atoms with E-state index in [1.165, 1.54) is 8.28 Å². The molecule has 3 aromatic rings. The molecule has 176 valence electrons. The summed E-state index contributed by atoms with van der Waals surface area (Å²) in [5.41, 5.74) is -3.91. The van der Waals surface area contributed by atoms with E-state index >= 15 is 0 Å². The summed E-state index contributed by atoms with van der Waals surface area (Å²) in [6.07, 6.45) is 6.24. The van der Waals surface area contributed by atoms with Crippen LogP contribution in [0.5, 0.6) is 0 Å². The molecule has 15 heteroatoms. The first-order chi connectivity index (χ1) is 14.8. The number of nitrogens with zero attached hydrogens (tertiary/aromatic N) is 4. The molecule has 3 heterocycles. The van der Waals surface area contributed by atoms with E-state index in [9.17, 15) is 21.6 Å². The summed E-state index contributed by atoms with van der Waals surface area (Å²) in [7, 11) is -7.54. The SMILES string of the molecule is C[n+]1ccn(S(=O)(=O)N2CCC(c3nc4ccccc4o3)CC2)c1.O=S(=O)(O)C(F)(F)F. The Kier molecular flexibility index (Phi) is 6.65. The Bertz CT molecular complexity index is 1260. The van der Waals surface area contributed by atoms with Crippen molar-refractivity contribution in [2.24, 2.45) is 7.05 Å². The minimum atomic E-state index is -5.84. The molecular formula is C17H20F3N4O6S2+. The second-order valence-corrected chi connectivity index (χ2v) is 10.3. The predicted molar refractivity (Wildman–Crippen MR) is 105 cm³/mol. The van der Waals surface area contributed by atoms with Gasteiger partial charge >= 0.3 is 25.8 Å². The number of oxazole rings is 1. The molecule has 1 saturated heterocycles. The van der Waals surface area contributed by atoms with E-state index in [4.69, 9.17) is 17.4 Å². The number of alkyl halides is 3. The first-order valence-corrected chi connectivity index (χ1v) is 12.1. The number of hydrogen-bond acceptors (Lipinski definition) is 6. The quantitative estimate of drug-likeness (QED) is 0.332. The van der Waals surface area contributed by atoms with Gasteiger partial charge in [0.25, 0.3) is 6.33 Å². The highest BCUT2D eigenvalue weighted by Crippen LogP contribution is 2.31. The first-order valence-electron chi connectivity index (χ1n) is 9.22. The largest absolute Gasteiger partial charge is 0.522 e. The van der Waals surface area contributed by atoms with Gasteiger partial charge in [-0.15, -0.1) is 3.97 Å². The zero-order valence-corrected chi connectivity index (χ0v) is 18.3. The molecule has 4 rings (SSSR count). The standard InChI is InChI=1S/C16H19N4O3S.CHF3O3S/c1-18-10-11-20(12-18)24(21,22)19-8-6-13(7-9-19)16-17-14-4-2-3-5-15(14)23-16;2-1(3,4)8(5,6)7/h2-5,10-13H,6-9H2,1H3;(H,5,6,7)/q+1;. The number of hydrogen-bond donors (Lipinski definition) is 1. The van der Waals surface area contributed by atoms with Crippen molar-refractivity contribution < 1.29 is 43.5 Å². The number of benzene rings is 1. The van der Waals surface area contributed by atoms with Crippen LogP contribution in [-0.4, -0.2) is 53.2 Å². The minimum Gasteiger partial charge on any atom is -0.440 e. The van der Waals surface area contributed by atoms with Gasteiger partial charge in [-0.3, -0.25) is 4.55 Å². The first kappa shape index (κ1) is 24.2. The average Bonchev–Trinajstić information content (AvgIpc) is 3.33. The summed E-state index contributed by atoms with van der Waals surface area (Å²) in [5.74, 6) is 0.866. The number of aromatic nitrogens is 3. The van der Waals surface area contributed by atoms with Crippen molar-refractivity contribution in [1.82, 2.24) is 13.3 Å². The number of imidazole rings is 1. The maximum atomic E-state index is 12.6. The molecule has 0 unspecified atom stereocenters. The maximum absolute atomic E-state index is 12.6. The van der Waals surface area contributed by atoms with Crippen LogP contribution in [0.2, 0.25) is 0 Å². The summed E-state index contributed by atoms with van der Waals surface area (Å²) in [6, 6.07) is 7.68. The molecule has 0 atom stereocenters. The summed E-state index contributed by atoms with van der Waals surface area (Å²) in [4.78, 5) is 4.54. The van der Waals surface area contributed by atoms with Gasteiger partial charge in [0.1, 0.15) is 17.9 Å². The number of para-hydroxylation sites is 2. The molecular weight excluding hydrogens is 477 g/mol. The normalized spacial score (nSPS) is 16.7. The molecule has 32 heavy (non-hydrogen) atoms. The molecule has 0 bridgehead atoms. The van der Waals surface area contributed by atoms with Crippen molar-refractivity contribution in [3.05, 3.63) is 48.9 Å². The van der Waals surface area contributed by atoms with Crippen molar-refractivity contribution in [1.29, 1.82) is 0 Å². The topological polar surface area (TPSA) is 127 Å². The third-order valence-electron chi connectivity index (χ3n) is 4.74. The van der Waals surface area contributed by atoms with E-state index in [1.807, 2.05) is 24.3 Å². The zero-order chi connectivity index (χ0) is 23.7. The summed E-state index contributed by atoms with van der Waals surface area (Å²) in [5, 5.41) is 0. The third-order valence-corrected chi connectivity index (χ3v) is 7.09. The van der Waals surface area contributed by atoms with E-state index in [1.54, 1.807) is 30.3 Å². The van der Waals surface area contributed by atoms with Crippen LogP contribution in [0.4, 0.5) is 13.2 Å². The Morgan fingerprint density at radius 3 is 2.25 bits per heavy atom. The Morgan fingerprint density at radius 2 is 1.75 bits per heavy atom. The molecule has 0 saturated carbocycles. The zero-order valence-electron chi connectivity index (χ0n) is 16.7. The van der Waals surface area contributed by atoms with Crippen molar-refractivity contribution >= 4 is 31.4 Å². The average molecular weight is 497 g/mol. The summed E-state index contributed by atoms with van der Waals surface area (Å²) in [6.45, 7) is 0.932. The molecule has 2 aromatic heterocycles. The van der Waals surface area contributed by atoms with Gasteiger partial charge in [-0.25, -0.2) is 9.55 Å². The van der Waals surface area contributed by atoms with Crippen molar-refractivity contribution in [2.45, 2.75) is 24.3 Å². The molecule has 10 nitrogen and oxygen atoms in total. The van der Waals surface area contributed by atoms with Gasteiger partial charge in [0.2, 0.25) is 0 Å². The lowest BCUT2D eigenvalue weighted by atomic mass is 9.98. The summed E-state index contributed by atoms with van der Waals surface area (Å²) < 4.78 is 93.1. The molecule has 1 fully saturated rings. The molecule has 0 spiro atoms. The van der Waals surface area contributed by atoms with E-state index in [0.29, 0.717) is 31.8 Å². The summed E-state index contributed by atoms with van der Waals surface area (Å²) >= 11 is 0. The monoisotopic (exact) mass is 497 g/mol. The highest BCUT2D eigenvalue weighted by atomic mass is 32.2. The number of rotatable bonds is 3. The van der Waals surface area contributed by atoms with E-state index in [-0.39, 0.29) is 5.92 Å². The van der Waals surface area contributed by atoms with Crippen LogP contribution in [0.3, 0.4) is 0 Å². The smallest absolute Gasteiger partial charge is 0.440 e. The van der Waals surface area contributed by atoms with Gasteiger partial charge in [0.15, 0.2) is 11.5 Å². The van der Waals surface area contributed by atoms with Gasteiger partial charge in [-0.1, -0.05) is 12.1 Å². The molecule has 1 aliphatic rings. The fourth-order valence-corrected chi connectivity index (χ4v) is 4.51. The van der Waals surface area contributed by atoms with Crippen LogP contribution in [0, 0.1) is 0 Å². The number of fused-ring (bicyclic) bond motifs is 1. The number of piperidine rings is 1. The van der Waals surface area contributed by atoms with Crippen LogP contribution < -0.4 is 4.57 Å². The fourth-order valence-electron chi connectivity index (χ4n) is 3.10. The second kappa shape index (κ2) is 8.80. The Morgan fingerprint density at radius 1 is 1.16 bits per heavy atom. The molecule has 1 N–H and O–H groups in total. The lowest BCUT2D eigenvalue weighted by Gasteiger charge is -2.27. The van der Waals surface area contributed by atoms with Crippen LogP contribution in [0.25, 0.3) is 11.1 Å². The maximum Gasteiger partial charge on any atom is 0.522 e. The van der Waals surface area contributed by atoms with Crippen molar-refractivity contribution in [2.75, 3.05) is 13.1 Å². The highest BCUT2D eigenvalue weighted by Gasteiger charge is 2.44. The second-order valence-electron chi connectivity index (χ2n) is 7.03. The highest BCUT2D eigenvalue weighted by molar-refractivity contribution is 7.87. The van der Waals surface area contributed by atoms with Gasteiger partial charge < -0.3 is 4.42 Å². The van der Waals surface area contributed by atoms with Gasteiger partial charge in [-0.2, -0.15) is 34.3 Å². The Balaban J connectivity index is 0.000000312. The van der Waals surface area contributed by atoms with Gasteiger partial charge in [0.05, 0.1) is 7.05 Å². The number of aryl methyl sites for hydroxylation is 1.